The normalized spacial score (nSPS) is 25.8. The van der Waals surface area contributed by atoms with Crippen molar-refractivity contribution in [1.29, 1.82) is 0 Å². The molecule has 1 saturated carbocycles. The molecule has 0 aromatic carbocycles. The molecule has 2 aromatic rings. The molecule has 0 saturated heterocycles. The van der Waals surface area contributed by atoms with Crippen molar-refractivity contribution in [2.45, 2.75) is 57.0 Å². The second-order valence-corrected chi connectivity index (χ2v) is 8.58. The van der Waals surface area contributed by atoms with E-state index in [1.807, 2.05) is 0 Å². The van der Waals surface area contributed by atoms with Gasteiger partial charge in [0.1, 0.15) is 5.76 Å². The maximum Gasteiger partial charge on any atom is 0.236 e. The number of thioether (sulfide) groups is 1. The van der Waals surface area contributed by atoms with Crippen LogP contribution in [0.5, 0.6) is 0 Å². The smallest absolute Gasteiger partial charge is 0.236 e. The molecule has 25 heavy (non-hydrogen) atoms. The van der Waals surface area contributed by atoms with E-state index in [4.69, 9.17) is 9.51 Å². The summed E-state index contributed by atoms with van der Waals surface area (Å²) in [6.07, 6.45) is 2.28. The van der Waals surface area contributed by atoms with Crippen LogP contribution in [0.2, 0.25) is 0 Å². The molecule has 2 aromatic heterocycles. The van der Waals surface area contributed by atoms with E-state index in [0.717, 1.165) is 24.2 Å². The third-order valence-corrected chi connectivity index (χ3v) is 6.84. The molecule has 0 radical (unpaired) electrons. The van der Waals surface area contributed by atoms with E-state index >= 15 is 0 Å². The number of hydrogen-bond donors (Lipinski definition) is 1. The van der Waals surface area contributed by atoms with Gasteiger partial charge in [-0.2, -0.15) is 5.10 Å². The molecule has 1 fully saturated rings. The van der Waals surface area contributed by atoms with Gasteiger partial charge in [-0.1, -0.05) is 37.7 Å². The van der Waals surface area contributed by atoms with Crippen molar-refractivity contribution in [3.8, 4) is 0 Å². The summed E-state index contributed by atoms with van der Waals surface area (Å²) in [7, 11) is 0. The van der Waals surface area contributed by atoms with Crippen LogP contribution in [0.4, 0.5) is 5.82 Å². The number of amides is 1. The lowest BCUT2D eigenvalue weighted by Crippen LogP contribution is -2.32. The minimum absolute atomic E-state index is 0.0404. The van der Waals surface area contributed by atoms with Crippen molar-refractivity contribution in [2.24, 2.45) is 5.41 Å². The van der Waals surface area contributed by atoms with E-state index in [1.165, 1.54) is 11.8 Å². The van der Waals surface area contributed by atoms with Crippen molar-refractivity contribution in [3.63, 3.8) is 0 Å². The van der Waals surface area contributed by atoms with Gasteiger partial charge in [-0.15, -0.1) is 5.10 Å². The first-order valence-corrected chi connectivity index (χ1v) is 9.41. The van der Waals surface area contributed by atoms with Gasteiger partial charge in [0.15, 0.2) is 5.82 Å². The number of hydrogen-bond acceptors (Lipinski definition) is 7. The predicted molar refractivity (Wildman–Crippen MR) is 93.5 cm³/mol. The Kier molecular flexibility index (Phi) is 3.64. The standard InChI is InChI=1S/C17H21N5O2S/c1-9-7-11(22-24-9)18-12(23)8-25-15-19-14-13(20-21-15)10-5-6-17(14,4)16(10,2)3/h7,10H,5-6,8H2,1-4H3,(H,18,22,23)/t10-,17+/m0/s1. The van der Waals surface area contributed by atoms with Crippen LogP contribution in [0, 0.1) is 12.3 Å². The third kappa shape index (κ3) is 2.46. The average Bonchev–Trinajstić information content (AvgIpc) is 3.12. The first kappa shape index (κ1) is 16.5. The molecule has 2 atom stereocenters. The van der Waals surface area contributed by atoms with Gasteiger partial charge in [0.2, 0.25) is 11.1 Å². The molecule has 8 heteroatoms. The van der Waals surface area contributed by atoms with Gasteiger partial charge in [-0.25, -0.2) is 4.98 Å². The minimum Gasteiger partial charge on any atom is -0.360 e. The van der Waals surface area contributed by atoms with Crippen molar-refractivity contribution in [1.82, 2.24) is 20.3 Å². The Balaban J connectivity index is 1.46. The second kappa shape index (κ2) is 5.52. The van der Waals surface area contributed by atoms with Crippen molar-refractivity contribution in [2.75, 3.05) is 11.1 Å². The Hall–Kier alpha value is -1.96. The molecule has 0 spiro atoms. The number of rotatable bonds is 4. The van der Waals surface area contributed by atoms with Crippen molar-refractivity contribution in [3.05, 3.63) is 23.2 Å². The van der Waals surface area contributed by atoms with Crippen molar-refractivity contribution >= 4 is 23.5 Å². The molecule has 1 amide bonds. The van der Waals surface area contributed by atoms with Crippen molar-refractivity contribution < 1.29 is 9.32 Å². The lowest BCUT2D eigenvalue weighted by molar-refractivity contribution is -0.113. The molecule has 2 aliphatic rings. The summed E-state index contributed by atoms with van der Waals surface area (Å²) in [5, 5.41) is 15.7. The summed E-state index contributed by atoms with van der Waals surface area (Å²) in [5.41, 5.74) is 2.31. The summed E-state index contributed by atoms with van der Waals surface area (Å²) in [6.45, 7) is 8.65. The topological polar surface area (TPSA) is 93.8 Å². The third-order valence-electron chi connectivity index (χ3n) is 6.00. The molecule has 2 bridgehead atoms. The highest BCUT2D eigenvalue weighted by atomic mass is 32.2. The van der Waals surface area contributed by atoms with E-state index in [2.05, 4.69) is 41.4 Å². The molecular weight excluding hydrogens is 338 g/mol. The Labute approximate surface area is 150 Å². The van der Waals surface area contributed by atoms with Crippen LogP contribution in [0.3, 0.4) is 0 Å². The SMILES string of the molecule is Cc1cc(NC(=O)CSc2nnc3c(n2)[C@@]2(C)CC[C@@H]3C2(C)C)no1. The summed E-state index contributed by atoms with van der Waals surface area (Å²) < 4.78 is 4.93. The van der Waals surface area contributed by atoms with Crippen LogP contribution in [0.15, 0.2) is 15.7 Å². The summed E-state index contributed by atoms with van der Waals surface area (Å²) in [5.74, 6) is 1.54. The number of carbonyl (C=O) groups excluding carboxylic acids is 1. The molecule has 1 N–H and O–H groups in total. The fraction of sp³-hybridized carbons (Fsp3) is 0.588. The average molecular weight is 359 g/mol. The summed E-state index contributed by atoms with van der Waals surface area (Å²) in [4.78, 5) is 16.8. The number of nitrogens with one attached hydrogen (secondary N) is 1. The van der Waals surface area contributed by atoms with Crippen LogP contribution >= 0.6 is 11.8 Å². The maximum atomic E-state index is 12.0. The van der Waals surface area contributed by atoms with E-state index in [9.17, 15) is 4.79 Å². The Morgan fingerprint density at radius 1 is 1.40 bits per heavy atom. The van der Waals surface area contributed by atoms with Crippen LogP contribution in [-0.2, 0) is 10.2 Å². The molecule has 7 nitrogen and oxygen atoms in total. The minimum atomic E-state index is -0.171. The zero-order chi connectivity index (χ0) is 17.8. The lowest BCUT2D eigenvalue weighted by atomic mass is 9.70. The predicted octanol–water partition coefficient (Wildman–Crippen LogP) is 3.07. The van der Waals surface area contributed by atoms with Gasteiger partial charge in [0, 0.05) is 17.4 Å². The first-order chi connectivity index (χ1) is 11.8. The molecule has 2 heterocycles. The largest absolute Gasteiger partial charge is 0.360 e. The molecule has 132 valence electrons. The highest BCUT2D eigenvalue weighted by molar-refractivity contribution is 7.99. The van der Waals surface area contributed by atoms with Gasteiger partial charge in [0.25, 0.3) is 0 Å². The molecule has 0 aliphatic heterocycles. The number of anilines is 1. The Morgan fingerprint density at radius 2 is 2.20 bits per heavy atom. The molecule has 2 aliphatic carbocycles. The Bertz CT molecular complexity index is 849. The fourth-order valence-electron chi connectivity index (χ4n) is 4.16. The molecule has 0 unspecified atom stereocenters. The van der Waals surface area contributed by atoms with Gasteiger partial charge in [0.05, 0.1) is 17.1 Å². The van der Waals surface area contributed by atoms with E-state index in [-0.39, 0.29) is 22.5 Å². The van der Waals surface area contributed by atoms with Crippen LogP contribution < -0.4 is 5.32 Å². The highest BCUT2D eigenvalue weighted by Gasteiger charge is 2.61. The highest BCUT2D eigenvalue weighted by Crippen LogP contribution is 2.66. The maximum absolute atomic E-state index is 12.0. The fourth-order valence-corrected chi connectivity index (χ4v) is 4.74. The van der Waals surface area contributed by atoms with E-state index in [1.54, 1.807) is 13.0 Å². The van der Waals surface area contributed by atoms with Crippen LogP contribution in [-0.4, -0.2) is 32.0 Å². The van der Waals surface area contributed by atoms with E-state index < -0.39 is 0 Å². The van der Waals surface area contributed by atoms with Gasteiger partial charge < -0.3 is 9.84 Å². The zero-order valence-corrected chi connectivity index (χ0v) is 15.6. The number of aromatic nitrogens is 4. The molecule has 4 rings (SSSR count). The van der Waals surface area contributed by atoms with Gasteiger partial charge in [-0.05, 0) is 25.2 Å². The summed E-state index contributed by atoms with van der Waals surface area (Å²) >= 11 is 1.29. The van der Waals surface area contributed by atoms with E-state index in [0.29, 0.717) is 22.7 Å². The van der Waals surface area contributed by atoms with Crippen LogP contribution in [0.25, 0.3) is 0 Å². The van der Waals surface area contributed by atoms with Gasteiger partial charge >= 0.3 is 0 Å². The van der Waals surface area contributed by atoms with Crippen LogP contribution in [0.1, 0.15) is 56.7 Å². The second-order valence-electron chi connectivity index (χ2n) is 7.63. The number of fused-ring (bicyclic) bond motifs is 5. The number of carbonyl (C=O) groups is 1. The molecular formula is C17H21N5O2S. The summed E-state index contributed by atoms with van der Waals surface area (Å²) in [6, 6.07) is 1.68. The lowest BCUT2D eigenvalue weighted by Gasteiger charge is -2.33. The number of nitrogens with zero attached hydrogens (tertiary/aromatic N) is 4. The zero-order valence-electron chi connectivity index (χ0n) is 14.8. The van der Waals surface area contributed by atoms with Gasteiger partial charge in [-0.3, -0.25) is 4.79 Å². The Morgan fingerprint density at radius 3 is 2.92 bits per heavy atom. The first-order valence-electron chi connectivity index (χ1n) is 8.42. The number of aryl methyl sites for hydroxylation is 1. The quantitative estimate of drug-likeness (QED) is 0.838. The monoisotopic (exact) mass is 359 g/mol.